The molecule has 3 heteroatoms. The van der Waals surface area contributed by atoms with Crippen molar-refractivity contribution in [2.75, 3.05) is 0 Å². The van der Waals surface area contributed by atoms with E-state index in [2.05, 4.69) is 6.07 Å². The number of allylic oxidation sites excluding steroid dienone is 1. The maximum absolute atomic E-state index is 9.14. The molecule has 2 rings (SSSR count). The molecule has 2 aromatic rings. The minimum absolute atomic E-state index is 0.505. The summed E-state index contributed by atoms with van der Waals surface area (Å²) in [5.74, 6) is 0. The Morgan fingerprint density at radius 1 is 1.12 bits per heavy atom. The zero-order chi connectivity index (χ0) is 11.4. The Balaban J connectivity index is 2.52. The second kappa shape index (κ2) is 4.98. The second-order valence-electron chi connectivity index (χ2n) is 3.14. The molecule has 1 heterocycles. The second-order valence-corrected chi connectivity index (χ2v) is 4.47. The van der Waals surface area contributed by atoms with Crippen LogP contribution in [0.4, 0.5) is 0 Å². The molecule has 0 saturated carbocycles. The van der Waals surface area contributed by atoms with E-state index >= 15 is 0 Å². The number of benzene rings is 1. The van der Waals surface area contributed by atoms with E-state index in [1.54, 1.807) is 0 Å². The summed E-state index contributed by atoms with van der Waals surface area (Å²) in [6, 6.07) is 15.5. The van der Waals surface area contributed by atoms with Gasteiger partial charge in [0.05, 0.1) is 10.6 Å². The van der Waals surface area contributed by atoms with E-state index in [-0.39, 0.29) is 0 Å². The summed E-state index contributed by atoms with van der Waals surface area (Å²) in [6.45, 7) is 0. The number of nitrogens with zero attached hydrogens (tertiary/aromatic N) is 1. The lowest BCUT2D eigenvalue weighted by atomic mass is 10.1. The molecule has 1 nitrogen and oxygen atoms in total. The third-order valence-electron chi connectivity index (χ3n) is 2.13. The summed E-state index contributed by atoms with van der Waals surface area (Å²) in [5.41, 5.74) is 1.40. The van der Waals surface area contributed by atoms with Crippen LogP contribution in [0, 0.1) is 11.3 Å². The Hall–Kier alpha value is -1.56. The number of rotatable bonds is 2. The molecule has 0 saturated heterocycles. The van der Waals surface area contributed by atoms with Crippen LogP contribution in [0.5, 0.6) is 0 Å². The van der Waals surface area contributed by atoms with Crippen molar-refractivity contribution in [2.24, 2.45) is 0 Å². The molecule has 0 bridgehead atoms. The highest BCUT2D eigenvalue weighted by Gasteiger charge is 2.09. The van der Waals surface area contributed by atoms with E-state index in [4.69, 9.17) is 16.9 Å². The Morgan fingerprint density at radius 3 is 2.44 bits per heavy atom. The number of hydrogen-bond donors (Lipinski definition) is 0. The van der Waals surface area contributed by atoms with Gasteiger partial charge < -0.3 is 0 Å². The monoisotopic (exact) mass is 245 g/mol. The van der Waals surface area contributed by atoms with Gasteiger partial charge >= 0.3 is 0 Å². The van der Waals surface area contributed by atoms with E-state index in [9.17, 15) is 0 Å². The molecule has 0 radical (unpaired) electrons. The van der Waals surface area contributed by atoms with Crippen LogP contribution in [0.3, 0.4) is 0 Å². The summed E-state index contributed by atoms with van der Waals surface area (Å²) in [4.78, 5) is 0.899. The summed E-state index contributed by atoms with van der Waals surface area (Å²) in [6.07, 6.45) is 0. The van der Waals surface area contributed by atoms with Gasteiger partial charge in [-0.05, 0) is 17.0 Å². The quantitative estimate of drug-likeness (QED) is 0.721. The van der Waals surface area contributed by atoms with Gasteiger partial charge in [0.1, 0.15) is 6.07 Å². The predicted octanol–water partition coefficient (Wildman–Crippen LogP) is 4.38. The molecule has 0 atom stereocenters. The fourth-order valence-electron chi connectivity index (χ4n) is 1.36. The molecule has 0 N–H and O–H groups in total. The Labute approximate surface area is 103 Å². The first-order valence-corrected chi connectivity index (χ1v) is 5.98. The van der Waals surface area contributed by atoms with E-state index in [1.807, 2.05) is 47.8 Å². The zero-order valence-corrected chi connectivity index (χ0v) is 9.92. The zero-order valence-electron chi connectivity index (χ0n) is 8.35. The van der Waals surface area contributed by atoms with Gasteiger partial charge in [-0.15, -0.1) is 11.3 Å². The maximum atomic E-state index is 9.14. The third-order valence-corrected chi connectivity index (χ3v) is 3.42. The van der Waals surface area contributed by atoms with Crippen molar-refractivity contribution in [2.45, 2.75) is 0 Å². The average Bonchev–Trinajstić information content (AvgIpc) is 2.85. The normalized spacial score (nSPS) is 11.8. The largest absolute Gasteiger partial charge is 0.192 e. The fourth-order valence-corrected chi connectivity index (χ4v) is 2.41. The summed E-state index contributed by atoms with van der Waals surface area (Å²) < 4.78 is 0. The van der Waals surface area contributed by atoms with Crippen molar-refractivity contribution in [1.82, 2.24) is 0 Å². The predicted molar refractivity (Wildman–Crippen MR) is 69.0 cm³/mol. The van der Waals surface area contributed by atoms with Crippen LogP contribution in [0.1, 0.15) is 10.4 Å². The molecule has 0 unspecified atom stereocenters. The van der Waals surface area contributed by atoms with Crippen LogP contribution in [0.25, 0.3) is 10.6 Å². The van der Waals surface area contributed by atoms with Gasteiger partial charge in [0.2, 0.25) is 0 Å². The smallest absolute Gasteiger partial charge is 0.102 e. The van der Waals surface area contributed by atoms with Crippen LogP contribution in [-0.4, -0.2) is 0 Å². The minimum Gasteiger partial charge on any atom is -0.192 e. The lowest BCUT2D eigenvalue weighted by Crippen LogP contribution is -1.82. The highest BCUT2D eigenvalue weighted by Crippen LogP contribution is 2.31. The molecule has 0 aliphatic heterocycles. The lowest BCUT2D eigenvalue weighted by molar-refractivity contribution is 1.54. The summed E-state index contributed by atoms with van der Waals surface area (Å²) in [5, 5.41) is 11.6. The van der Waals surface area contributed by atoms with Gasteiger partial charge in [0.15, 0.2) is 0 Å². The molecule has 1 aromatic carbocycles. The molecule has 1 aromatic heterocycles. The number of hydrogen-bond acceptors (Lipinski definition) is 2. The van der Waals surface area contributed by atoms with E-state index < -0.39 is 0 Å². The van der Waals surface area contributed by atoms with Gasteiger partial charge in [-0.3, -0.25) is 0 Å². The highest BCUT2D eigenvalue weighted by molar-refractivity contribution is 7.11. The van der Waals surface area contributed by atoms with Gasteiger partial charge in [-0.25, -0.2) is 0 Å². The van der Waals surface area contributed by atoms with Crippen LogP contribution in [0.15, 0.2) is 47.8 Å². The first kappa shape index (κ1) is 10.9. The fraction of sp³-hybridized carbons (Fsp3) is 0. The first-order chi connectivity index (χ1) is 7.83. The third kappa shape index (κ3) is 2.16. The number of thiophene rings is 1. The topological polar surface area (TPSA) is 23.8 Å². The van der Waals surface area contributed by atoms with Crippen molar-refractivity contribution in [3.05, 3.63) is 58.3 Å². The minimum atomic E-state index is 0.505. The van der Waals surface area contributed by atoms with Crippen molar-refractivity contribution in [3.8, 4) is 6.07 Å². The standard InChI is InChI=1S/C13H8ClNS/c14-13(10-5-2-1-3-6-10)11(9-15)12-7-4-8-16-12/h1-8H. The van der Waals surface area contributed by atoms with Crippen LogP contribution >= 0.6 is 22.9 Å². The SMILES string of the molecule is N#CC(=C(Cl)c1ccccc1)c1cccs1. The average molecular weight is 246 g/mol. The van der Waals surface area contributed by atoms with E-state index in [0.29, 0.717) is 10.6 Å². The van der Waals surface area contributed by atoms with Gasteiger partial charge in [-0.2, -0.15) is 5.26 Å². The molecule has 0 fully saturated rings. The first-order valence-electron chi connectivity index (χ1n) is 4.72. The molecule has 0 aliphatic rings. The summed E-state index contributed by atoms with van der Waals surface area (Å²) in [7, 11) is 0. The highest BCUT2D eigenvalue weighted by atomic mass is 35.5. The Bertz CT molecular complexity index is 535. The Morgan fingerprint density at radius 2 is 1.88 bits per heavy atom. The maximum Gasteiger partial charge on any atom is 0.102 e. The van der Waals surface area contributed by atoms with Crippen LogP contribution in [-0.2, 0) is 0 Å². The van der Waals surface area contributed by atoms with Crippen molar-refractivity contribution >= 4 is 33.5 Å². The molecule has 0 amide bonds. The molecular formula is C13H8ClNS. The summed E-state index contributed by atoms with van der Waals surface area (Å²) >= 11 is 7.74. The van der Waals surface area contributed by atoms with Crippen molar-refractivity contribution in [3.63, 3.8) is 0 Å². The number of nitriles is 1. The van der Waals surface area contributed by atoms with Crippen molar-refractivity contribution < 1.29 is 0 Å². The number of halogens is 1. The molecule has 0 spiro atoms. The van der Waals surface area contributed by atoms with Crippen molar-refractivity contribution in [1.29, 1.82) is 5.26 Å². The van der Waals surface area contributed by atoms with Crippen LogP contribution in [0.2, 0.25) is 0 Å². The molecule has 16 heavy (non-hydrogen) atoms. The van der Waals surface area contributed by atoms with Gasteiger partial charge in [0.25, 0.3) is 0 Å². The van der Waals surface area contributed by atoms with Crippen LogP contribution < -0.4 is 0 Å². The Kier molecular flexibility index (Phi) is 3.40. The molecule has 78 valence electrons. The van der Waals surface area contributed by atoms with Gasteiger partial charge in [-0.1, -0.05) is 48.0 Å². The van der Waals surface area contributed by atoms with E-state index in [0.717, 1.165) is 10.4 Å². The molecular weight excluding hydrogens is 238 g/mol. The lowest BCUT2D eigenvalue weighted by Gasteiger charge is -2.01. The molecule has 0 aliphatic carbocycles. The van der Waals surface area contributed by atoms with Gasteiger partial charge in [0, 0.05) is 4.88 Å². The van der Waals surface area contributed by atoms with E-state index in [1.165, 1.54) is 11.3 Å².